The Morgan fingerprint density at radius 3 is 2.43 bits per heavy atom. The minimum atomic E-state index is -0.237. The number of imide groups is 1. The van der Waals surface area contributed by atoms with Gasteiger partial charge in [0, 0.05) is 25.8 Å². The molecule has 2 aromatic carbocycles. The first kappa shape index (κ1) is 24.3. The van der Waals surface area contributed by atoms with Crippen LogP contribution in [0.25, 0.3) is 0 Å². The second-order valence-corrected chi connectivity index (χ2v) is 9.48. The predicted molar refractivity (Wildman–Crippen MR) is 138 cm³/mol. The summed E-state index contributed by atoms with van der Waals surface area (Å²) in [6, 6.07) is 14.8. The van der Waals surface area contributed by atoms with Crippen LogP contribution in [0, 0.1) is 18.3 Å². The number of anilines is 3. The minimum Gasteiger partial charge on any atom is -0.375 e. The molecule has 0 atom stereocenters. The lowest BCUT2D eigenvalue weighted by molar-refractivity contribution is 0.0653. The average molecular weight is 508 g/mol. The number of benzene rings is 2. The van der Waals surface area contributed by atoms with Crippen molar-refractivity contribution in [1.82, 2.24) is 4.90 Å². The maximum absolute atomic E-state index is 12.5. The molecule has 1 aliphatic rings. The Balaban J connectivity index is 1.34. The fourth-order valence-electron chi connectivity index (χ4n) is 3.88. The molecule has 0 radical (unpaired) electrons. The number of hydrazine groups is 1. The molecule has 2 amide bonds. The molecule has 1 aromatic heterocycles. The molecule has 3 aromatic rings. The molecule has 2 heterocycles. The summed E-state index contributed by atoms with van der Waals surface area (Å²) in [6.45, 7) is 2.96. The number of carbonyl (C=O) groups is 3. The molecular weight excluding hydrogens is 486 g/mol. The van der Waals surface area contributed by atoms with Gasteiger partial charge in [-0.05, 0) is 49.2 Å². The first-order chi connectivity index (χ1) is 16.8. The van der Waals surface area contributed by atoms with Crippen molar-refractivity contribution in [2.45, 2.75) is 13.3 Å². The second kappa shape index (κ2) is 10.2. The number of thiophene rings is 1. The van der Waals surface area contributed by atoms with Gasteiger partial charge in [-0.2, -0.15) is 5.26 Å². The number of hydrogen-bond acceptors (Lipinski definition) is 8. The maximum atomic E-state index is 12.5. The zero-order chi connectivity index (χ0) is 25.1. The van der Waals surface area contributed by atoms with Crippen molar-refractivity contribution in [3.63, 3.8) is 0 Å². The zero-order valence-electron chi connectivity index (χ0n) is 19.1. The van der Waals surface area contributed by atoms with E-state index in [2.05, 4.69) is 15.8 Å². The van der Waals surface area contributed by atoms with E-state index in [0.717, 1.165) is 28.3 Å². The monoisotopic (exact) mass is 507 g/mol. The maximum Gasteiger partial charge on any atom is 0.261 e. The molecular formula is C25H22ClN5O3S. The summed E-state index contributed by atoms with van der Waals surface area (Å²) >= 11 is 7.17. The molecule has 8 nitrogen and oxygen atoms in total. The number of hydrogen-bond donors (Lipinski definition) is 2. The first-order valence-electron chi connectivity index (χ1n) is 10.8. The van der Waals surface area contributed by atoms with E-state index in [1.54, 1.807) is 24.3 Å². The van der Waals surface area contributed by atoms with Crippen molar-refractivity contribution in [2.75, 3.05) is 35.9 Å². The van der Waals surface area contributed by atoms with Crippen LogP contribution in [0.2, 0.25) is 5.02 Å². The van der Waals surface area contributed by atoms with Gasteiger partial charge in [0.2, 0.25) is 0 Å². The molecule has 0 spiro atoms. The average Bonchev–Trinajstić information content (AvgIpc) is 3.31. The van der Waals surface area contributed by atoms with Gasteiger partial charge in [-0.15, -0.1) is 11.3 Å². The van der Waals surface area contributed by atoms with Gasteiger partial charge in [-0.1, -0.05) is 23.7 Å². The van der Waals surface area contributed by atoms with Gasteiger partial charge in [-0.25, -0.2) is 0 Å². The number of fused-ring (bicyclic) bond motifs is 1. The summed E-state index contributed by atoms with van der Waals surface area (Å²) in [5.41, 5.74) is 9.93. The van der Waals surface area contributed by atoms with Crippen LogP contribution in [0.4, 0.5) is 16.4 Å². The van der Waals surface area contributed by atoms with Crippen LogP contribution in [0.5, 0.6) is 0 Å². The third-order valence-corrected chi connectivity index (χ3v) is 7.34. The van der Waals surface area contributed by atoms with E-state index >= 15 is 0 Å². The van der Waals surface area contributed by atoms with E-state index in [1.165, 1.54) is 4.90 Å². The lowest BCUT2D eigenvalue weighted by Gasteiger charge is -2.22. The summed E-state index contributed by atoms with van der Waals surface area (Å²) < 4.78 is 0. The van der Waals surface area contributed by atoms with E-state index < -0.39 is 0 Å². The third kappa shape index (κ3) is 4.71. The number of aryl methyl sites for hydroxylation is 1. The van der Waals surface area contributed by atoms with E-state index in [-0.39, 0.29) is 22.4 Å². The van der Waals surface area contributed by atoms with E-state index in [0.29, 0.717) is 46.8 Å². The van der Waals surface area contributed by atoms with Crippen molar-refractivity contribution >= 4 is 57.4 Å². The van der Waals surface area contributed by atoms with Crippen LogP contribution in [0.3, 0.4) is 0 Å². The highest BCUT2D eigenvalue weighted by Crippen LogP contribution is 2.35. The second-order valence-electron chi connectivity index (χ2n) is 8.05. The van der Waals surface area contributed by atoms with Gasteiger partial charge in [0.1, 0.15) is 16.6 Å². The third-order valence-electron chi connectivity index (χ3n) is 5.81. The fourth-order valence-corrected chi connectivity index (χ4v) is 5.04. The SMILES string of the molecule is Cc1cc(N(C)CCCN2C(=O)c3ccccc3C2=O)ccc1NNc1sc(C=O)c(Cl)c1C#N. The normalized spacial score (nSPS) is 12.3. The lowest BCUT2D eigenvalue weighted by atomic mass is 10.1. The summed E-state index contributed by atoms with van der Waals surface area (Å²) in [5.74, 6) is -0.474. The summed E-state index contributed by atoms with van der Waals surface area (Å²) in [5, 5.41) is 9.93. The predicted octanol–water partition coefficient (Wildman–Crippen LogP) is 4.96. The Morgan fingerprint density at radius 1 is 1.14 bits per heavy atom. The quantitative estimate of drug-likeness (QED) is 0.239. The Kier molecular flexibility index (Phi) is 7.05. The highest BCUT2D eigenvalue weighted by atomic mass is 35.5. The smallest absolute Gasteiger partial charge is 0.261 e. The molecule has 178 valence electrons. The number of nitrogens with zero attached hydrogens (tertiary/aromatic N) is 3. The standard InChI is InChI=1S/C25H22ClN5O3S/c1-15-12-16(8-9-20(15)28-29-23-19(13-27)22(26)21(14-32)35-23)30(2)10-5-11-31-24(33)17-6-3-4-7-18(17)25(31)34/h3-4,6-9,12,14,28-29H,5,10-11H2,1-2H3. The minimum absolute atomic E-state index is 0.145. The Bertz CT molecular complexity index is 1330. The van der Waals surface area contributed by atoms with Crippen LogP contribution >= 0.6 is 22.9 Å². The molecule has 35 heavy (non-hydrogen) atoms. The molecule has 4 rings (SSSR count). The van der Waals surface area contributed by atoms with Crippen LogP contribution in [-0.2, 0) is 0 Å². The molecule has 0 bridgehead atoms. The van der Waals surface area contributed by atoms with E-state index in [9.17, 15) is 19.6 Å². The van der Waals surface area contributed by atoms with Crippen LogP contribution in [0.1, 0.15) is 47.9 Å². The largest absolute Gasteiger partial charge is 0.375 e. The van der Waals surface area contributed by atoms with Crippen LogP contribution < -0.4 is 15.8 Å². The lowest BCUT2D eigenvalue weighted by Crippen LogP contribution is -2.33. The molecule has 1 aliphatic heterocycles. The molecule has 0 aliphatic carbocycles. The van der Waals surface area contributed by atoms with Gasteiger partial charge in [-0.3, -0.25) is 30.1 Å². The number of carbonyl (C=O) groups excluding carboxylic acids is 3. The Morgan fingerprint density at radius 2 is 1.83 bits per heavy atom. The van der Waals surface area contributed by atoms with Crippen LogP contribution in [-0.4, -0.2) is 43.1 Å². The number of amides is 2. The zero-order valence-corrected chi connectivity index (χ0v) is 20.7. The summed E-state index contributed by atoms with van der Waals surface area (Å²) in [7, 11) is 1.95. The van der Waals surface area contributed by atoms with Gasteiger partial charge in [0.25, 0.3) is 11.8 Å². The molecule has 10 heteroatoms. The van der Waals surface area contributed by atoms with Crippen molar-refractivity contribution in [1.29, 1.82) is 5.26 Å². The molecule has 2 N–H and O–H groups in total. The Hall–Kier alpha value is -3.87. The van der Waals surface area contributed by atoms with Gasteiger partial charge >= 0.3 is 0 Å². The van der Waals surface area contributed by atoms with E-state index in [4.69, 9.17) is 11.6 Å². The number of rotatable bonds is 9. The molecule has 0 saturated carbocycles. The van der Waals surface area contributed by atoms with E-state index in [1.807, 2.05) is 38.2 Å². The van der Waals surface area contributed by atoms with Gasteiger partial charge in [0.15, 0.2) is 6.29 Å². The number of nitrogens with one attached hydrogen (secondary N) is 2. The molecule has 0 fully saturated rings. The topological polar surface area (TPSA) is 106 Å². The number of aldehydes is 1. The van der Waals surface area contributed by atoms with Crippen molar-refractivity contribution in [3.05, 3.63) is 74.6 Å². The van der Waals surface area contributed by atoms with Crippen molar-refractivity contribution in [2.24, 2.45) is 0 Å². The molecule has 0 unspecified atom stereocenters. The summed E-state index contributed by atoms with van der Waals surface area (Å²) in [6.07, 6.45) is 1.26. The number of halogens is 1. The fraction of sp³-hybridized carbons (Fsp3) is 0.200. The van der Waals surface area contributed by atoms with Gasteiger partial charge in [0.05, 0.1) is 26.7 Å². The highest BCUT2D eigenvalue weighted by Gasteiger charge is 2.34. The molecule has 0 saturated heterocycles. The first-order valence-corrected chi connectivity index (χ1v) is 12.0. The van der Waals surface area contributed by atoms with Crippen molar-refractivity contribution < 1.29 is 14.4 Å². The summed E-state index contributed by atoms with van der Waals surface area (Å²) in [4.78, 5) is 39.8. The van der Waals surface area contributed by atoms with Crippen LogP contribution in [0.15, 0.2) is 42.5 Å². The Labute approximate surface area is 211 Å². The van der Waals surface area contributed by atoms with Crippen molar-refractivity contribution in [3.8, 4) is 6.07 Å². The highest BCUT2D eigenvalue weighted by molar-refractivity contribution is 7.18. The number of nitriles is 1. The van der Waals surface area contributed by atoms with Gasteiger partial charge < -0.3 is 4.90 Å².